The van der Waals surface area contributed by atoms with Crippen molar-refractivity contribution in [1.29, 1.82) is 0 Å². The molecule has 506 valence electrons. The lowest BCUT2D eigenvalue weighted by molar-refractivity contribution is -0.120. The van der Waals surface area contributed by atoms with Gasteiger partial charge in [0, 0.05) is 93.5 Å². The van der Waals surface area contributed by atoms with Crippen LogP contribution in [-0.4, -0.2) is 138 Å². The lowest BCUT2D eigenvalue weighted by Gasteiger charge is -2.53. The number of ketones is 3. The second kappa shape index (κ2) is 32.4. The van der Waals surface area contributed by atoms with Crippen LogP contribution < -0.4 is 21.3 Å². The van der Waals surface area contributed by atoms with E-state index in [2.05, 4.69) is 72.7 Å². The highest BCUT2D eigenvalue weighted by Gasteiger charge is 2.62. The number of carbonyl (C=O) groups excluding carboxylic acids is 5. The smallest absolute Gasteiger partial charge is 0.405 e. The first-order chi connectivity index (χ1) is 44.5. The number of anilines is 1. The Labute approximate surface area is 553 Å². The summed E-state index contributed by atoms with van der Waals surface area (Å²) < 4.78 is 21.7. The Bertz CT molecular complexity index is 3530. The number of nitrogens with one attached hydrogen (secondary N) is 2. The van der Waals surface area contributed by atoms with Crippen molar-refractivity contribution in [2.75, 3.05) is 46.9 Å². The number of fused-ring (bicyclic) bond motifs is 6. The molecule has 19 nitrogen and oxygen atoms in total. The van der Waals surface area contributed by atoms with E-state index in [1.165, 1.54) is 74.9 Å². The van der Waals surface area contributed by atoms with Gasteiger partial charge < -0.3 is 70.9 Å². The van der Waals surface area contributed by atoms with Gasteiger partial charge in [-0.05, 0) is 179 Å². The molecule has 0 radical (unpaired) electrons. The van der Waals surface area contributed by atoms with Crippen LogP contribution in [0.4, 0.5) is 10.5 Å². The van der Waals surface area contributed by atoms with E-state index in [-0.39, 0.29) is 75.3 Å². The molecule has 3 aromatic rings. The van der Waals surface area contributed by atoms with Gasteiger partial charge in [0.25, 0.3) is 5.91 Å². The van der Waals surface area contributed by atoms with Gasteiger partial charge in [0.1, 0.15) is 29.0 Å². The summed E-state index contributed by atoms with van der Waals surface area (Å²) in [5, 5.41) is 66.8. The number of nitrogens with two attached hydrogens (primary N) is 1. The van der Waals surface area contributed by atoms with Crippen LogP contribution in [0, 0.1) is 40.9 Å². The number of hydrogen-bond acceptors (Lipinski definition) is 17. The van der Waals surface area contributed by atoms with Gasteiger partial charge in [-0.2, -0.15) is 0 Å². The topological polar surface area (TPSA) is 297 Å². The number of methoxy groups -OCH3 is 3. The lowest BCUT2D eigenvalue weighted by Crippen LogP contribution is -2.51. The van der Waals surface area contributed by atoms with Crippen molar-refractivity contribution in [3.8, 4) is 29.1 Å². The number of aliphatic hydroxyl groups excluding tert-OH is 2. The normalized spacial score (nSPS) is 29.3. The van der Waals surface area contributed by atoms with Gasteiger partial charge in [-0.25, -0.2) is 4.79 Å². The third kappa shape index (κ3) is 17.6. The van der Waals surface area contributed by atoms with E-state index in [9.17, 15) is 54.6 Å². The predicted octanol–water partition coefficient (Wildman–Crippen LogP) is 9.87. The van der Waals surface area contributed by atoms with E-state index < -0.39 is 65.6 Å². The van der Waals surface area contributed by atoms with E-state index in [1.54, 1.807) is 49.8 Å². The van der Waals surface area contributed by atoms with Gasteiger partial charge in [0.2, 0.25) is 11.6 Å². The van der Waals surface area contributed by atoms with Gasteiger partial charge in [0.05, 0.1) is 31.1 Å². The molecule has 6 aliphatic rings. The van der Waals surface area contributed by atoms with Crippen LogP contribution in [-0.2, 0) is 44.5 Å². The summed E-state index contributed by atoms with van der Waals surface area (Å²) in [5.41, 5.74) is 13.4. The van der Waals surface area contributed by atoms with Crippen LogP contribution in [0.15, 0.2) is 148 Å². The second-order valence-corrected chi connectivity index (χ2v) is 26.3. The fourth-order valence-electron chi connectivity index (χ4n) is 14.5. The molecule has 2 saturated carbocycles. The Morgan fingerprint density at radius 2 is 1.57 bits per heavy atom. The molecule has 1 aliphatic heterocycles. The quantitative estimate of drug-likeness (QED) is 0.0463. The van der Waals surface area contributed by atoms with Crippen LogP contribution >= 0.6 is 0 Å². The zero-order chi connectivity index (χ0) is 68.9. The summed E-state index contributed by atoms with van der Waals surface area (Å²) in [6.45, 7) is 13.4. The summed E-state index contributed by atoms with van der Waals surface area (Å²) in [4.78, 5) is 64.9. The molecular formula is C75H96N4O15. The Hall–Kier alpha value is -8.09. The van der Waals surface area contributed by atoms with Crippen molar-refractivity contribution in [3.63, 3.8) is 0 Å². The van der Waals surface area contributed by atoms with Gasteiger partial charge in [-0.3, -0.25) is 19.2 Å². The number of aliphatic hydroxyl groups is 3. The number of carbonyl (C=O) groups is 5. The van der Waals surface area contributed by atoms with E-state index in [4.69, 9.17) is 24.7 Å². The minimum Gasteiger partial charge on any atom is -0.508 e. The summed E-state index contributed by atoms with van der Waals surface area (Å²) in [6.07, 6.45) is 11.8. The van der Waals surface area contributed by atoms with E-state index in [0.29, 0.717) is 42.4 Å². The van der Waals surface area contributed by atoms with Crippen molar-refractivity contribution >= 4 is 35.0 Å². The van der Waals surface area contributed by atoms with Gasteiger partial charge in [-0.15, -0.1) is 5.92 Å². The SMILES string of the molecule is CC#C[C@]1(O)CC[C@H]2[C@@H]3CCC4=CC(=O)CCC4=C3[C@@H](c3ccc(N(C)C)cc3)C[C@@]21C.CC(Cc1ccc(O)cc1)NCC(O)c1cc(O)cc(O)c1.COC1=C2C[C@@H](C)C[C@H](OC)[C@H](O)[C@@H](C)/C=C(\C)[C@H](OC(N)=O)[C@@H](OC)/C=C\C=C(/C)C(=O)NC(=CC1=O)C2=O. The van der Waals surface area contributed by atoms with E-state index >= 15 is 0 Å². The number of benzene rings is 3. The van der Waals surface area contributed by atoms with Crippen LogP contribution in [0.3, 0.4) is 0 Å². The molecule has 2 amide bonds. The largest absolute Gasteiger partial charge is 0.508 e. The van der Waals surface area contributed by atoms with Crippen molar-refractivity contribution in [2.24, 2.45) is 34.8 Å². The van der Waals surface area contributed by atoms with Crippen molar-refractivity contribution in [1.82, 2.24) is 10.6 Å². The molecule has 2 bridgehead atoms. The molecule has 1 heterocycles. The highest BCUT2D eigenvalue weighted by atomic mass is 16.6. The number of ether oxygens (including phenoxy) is 4. The number of primary amides is 1. The van der Waals surface area contributed by atoms with E-state index in [0.717, 1.165) is 56.6 Å². The molecule has 13 atom stereocenters. The van der Waals surface area contributed by atoms with Crippen LogP contribution in [0.25, 0.3) is 0 Å². The minimum absolute atomic E-state index is 0.0776. The number of Topliss-reactive ketones (excluding diaryl/α,β-unsaturated/α-hetero) is 1. The van der Waals surface area contributed by atoms with Crippen LogP contribution in [0.5, 0.6) is 17.2 Å². The molecule has 0 spiro atoms. The number of hydrogen-bond donors (Lipinski definition) is 9. The summed E-state index contributed by atoms with van der Waals surface area (Å²) in [5.74, 6) is 5.45. The first-order valence-corrected chi connectivity index (χ1v) is 32.3. The molecule has 0 saturated heterocycles. The molecule has 9 rings (SSSR count). The first-order valence-electron chi connectivity index (χ1n) is 32.3. The number of nitrogens with zero attached hydrogens (tertiary/aromatic N) is 1. The summed E-state index contributed by atoms with van der Waals surface area (Å²) in [7, 11) is 8.35. The van der Waals surface area contributed by atoms with Gasteiger partial charge in [0.15, 0.2) is 17.6 Å². The predicted molar refractivity (Wildman–Crippen MR) is 360 cm³/mol. The van der Waals surface area contributed by atoms with E-state index in [1.807, 2.05) is 39.0 Å². The molecule has 2 unspecified atom stereocenters. The zero-order valence-electron chi connectivity index (χ0n) is 56.3. The number of aromatic hydroxyl groups is 3. The number of phenolic OH excluding ortho intramolecular Hbond substituents is 3. The Kier molecular flexibility index (Phi) is 25.2. The fourth-order valence-corrected chi connectivity index (χ4v) is 14.5. The lowest BCUT2D eigenvalue weighted by atomic mass is 9.51. The third-order valence-electron chi connectivity index (χ3n) is 19.4. The second-order valence-electron chi connectivity index (χ2n) is 26.3. The van der Waals surface area contributed by atoms with Crippen molar-refractivity contribution < 1.29 is 73.6 Å². The number of allylic oxidation sites excluding steroid dienone is 8. The Morgan fingerprint density at radius 1 is 0.894 bits per heavy atom. The third-order valence-corrected chi connectivity index (χ3v) is 19.4. The average molecular weight is 1290 g/mol. The minimum atomic E-state index is -1.00. The Morgan fingerprint density at radius 3 is 2.19 bits per heavy atom. The maximum Gasteiger partial charge on any atom is 0.405 e. The average Bonchev–Trinajstić information content (AvgIpc) is 1.44. The van der Waals surface area contributed by atoms with Crippen LogP contribution in [0.1, 0.15) is 135 Å². The molecule has 2 fully saturated rings. The van der Waals surface area contributed by atoms with Gasteiger partial charge >= 0.3 is 6.09 Å². The standard InChI is InChI=1S/C29H40N2O9.C29H35NO2.C17H21NO4/c1-15-11-19-25(34)20(14-21(32)27(19)39-7)31-28(35)16(2)9-8-10-22(37-5)26(40-29(30)36)18(4)13-17(3)24(33)23(12-15)38-6;1-5-15-29(32)16-14-26-24-12-8-20-17-22(31)11-13-23(20)27(24)25(18-28(26,29)2)19-6-9-21(10-7-19)30(3)4;1-11(6-12-2-4-14(19)5-3-12)18-10-17(22)13-7-15(20)9-16(21)8-13/h8-10,13-15,17,22-24,26,33H,11-12H2,1-7H3,(H2,30,36)(H,31,35);6-7,9-10,17,24-26,32H,8,11-14,16,18H2,1-4H3;2-5,7-9,11,17-22H,6,10H2,1H3/b10-8-,16-9+,18-13+;;/t15-,17+,22+,23+,24-,26+;24-,25+,26-,28-,29-;/m10./s1. The maximum atomic E-state index is 13.3. The molecule has 5 aliphatic carbocycles. The van der Waals surface area contributed by atoms with Crippen LogP contribution in [0.2, 0.25) is 0 Å². The number of rotatable bonds is 12. The Balaban J connectivity index is 0.000000207. The zero-order valence-corrected chi connectivity index (χ0v) is 56.3. The molecular weight excluding hydrogens is 1200 g/mol. The molecule has 94 heavy (non-hydrogen) atoms. The highest BCUT2D eigenvalue weighted by Crippen LogP contribution is 2.66. The maximum absolute atomic E-state index is 13.3. The summed E-state index contributed by atoms with van der Waals surface area (Å²) >= 11 is 0. The molecule has 19 heteroatoms. The molecule has 3 aromatic carbocycles. The monoisotopic (exact) mass is 1290 g/mol. The fraction of sp³-hybridized carbons (Fsp3) is 0.480. The summed E-state index contributed by atoms with van der Waals surface area (Å²) in [6, 6.07) is 20.2. The van der Waals surface area contributed by atoms with Crippen molar-refractivity contribution in [2.45, 2.75) is 161 Å². The molecule has 0 aromatic heterocycles. The highest BCUT2D eigenvalue weighted by molar-refractivity contribution is 6.23. The number of amides is 2. The number of phenols is 3. The van der Waals surface area contributed by atoms with Crippen molar-refractivity contribution in [3.05, 3.63) is 165 Å². The molecule has 10 N–H and O–H groups in total. The van der Waals surface area contributed by atoms with Gasteiger partial charge in [-0.1, -0.05) is 80.8 Å². The first kappa shape index (κ1) is 73.3.